The highest BCUT2D eigenvalue weighted by Gasteiger charge is 2.17. The Labute approximate surface area is 211 Å². The van der Waals surface area contributed by atoms with E-state index < -0.39 is 0 Å². The standard InChI is InChI=1S/C27H31N5O4/c1-33-14-11-29-18-20-3-5-22(16-26(20)34-2)31-27-30-10-7-24(32-27)19-4-6-25(21(15-19)17-28)36-23-8-12-35-13-9-23/h3-7,10,15-16,23,29H,8-9,11-14,18H2,1-2H3,(H,30,31,32). The molecule has 0 aliphatic carbocycles. The molecule has 36 heavy (non-hydrogen) atoms. The molecule has 2 aromatic carbocycles. The molecule has 1 fully saturated rings. The van der Waals surface area contributed by atoms with Crippen LogP contribution in [-0.4, -0.2) is 56.7 Å². The number of benzene rings is 2. The van der Waals surface area contributed by atoms with E-state index in [0.717, 1.165) is 42.0 Å². The Kier molecular flexibility index (Phi) is 9.05. The predicted octanol–water partition coefficient (Wildman–Crippen LogP) is 4.06. The minimum absolute atomic E-state index is 0.0658. The Morgan fingerprint density at radius 3 is 2.72 bits per heavy atom. The Bertz CT molecular complexity index is 1190. The highest BCUT2D eigenvalue weighted by molar-refractivity contribution is 5.66. The normalized spacial score (nSPS) is 13.7. The van der Waals surface area contributed by atoms with Crippen LogP contribution in [0.5, 0.6) is 11.5 Å². The van der Waals surface area contributed by atoms with E-state index >= 15 is 0 Å². The molecule has 9 heteroatoms. The van der Waals surface area contributed by atoms with Gasteiger partial charge in [0, 0.05) is 62.1 Å². The summed E-state index contributed by atoms with van der Waals surface area (Å²) in [6.45, 7) is 3.45. The molecule has 1 aliphatic rings. The highest BCUT2D eigenvalue weighted by Crippen LogP contribution is 2.29. The summed E-state index contributed by atoms with van der Waals surface area (Å²) in [6, 6.07) is 15.5. The van der Waals surface area contributed by atoms with Crippen molar-refractivity contribution in [3.8, 4) is 28.8 Å². The lowest BCUT2D eigenvalue weighted by Gasteiger charge is -2.23. The van der Waals surface area contributed by atoms with Gasteiger partial charge in [-0.1, -0.05) is 6.07 Å². The van der Waals surface area contributed by atoms with Gasteiger partial charge in [0.05, 0.1) is 38.2 Å². The lowest BCUT2D eigenvalue weighted by atomic mass is 10.1. The van der Waals surface area contributed by atoms with Crippen molar-refractivity contribution < 1.29 is 18.9 Å². The van der Waals surface area contributed by atoms with Gasteiger partial charge in [0.25, 0.3) is 0 Å². The summed E-state index contributed by atoms with van der Waals surface area (Å²) in [7, 11) is 3.33. The van der Waals surface area contributed by atoms with Crippen molar-refractivity contribution in [3.05, 3.63) is 59.8 Å². The van der Waals surface area contributed by atoms with E-state index in [-0.39, 0.29) is 6.10 Å². The van der Waals surface area contributed by atoms with Crippen LogP contribution in [-0.2, 0) is 16.0 Å². The number of rotatable bonds is 11. The topological polar surface area (TPSA) is 111 Å². The van der Waals surface area contributed by atoms with E-state index in [1.165, 1.54) is 0 Å². The first-order valence-electron chi connectivity index (χ1n) is 12.0. The number of methoxy groups -OCH3 is 2. The largest absolute Gasteiger partial charge is 0.496 e. The monoisotopic (exact) mass is 489 g/mol. The molecular weight excluding hydrogens is 458 g/mol. The Morgan fingerprint density at radius 2 is 1.94 bits per heavy atom. The first kappa shape index (κ1) is 25.4. The first-order valence-corrected chi connectivity index (χ1v) is 12.0. The van der Waals surface area contributed by atoms with E-state index in [9.17, 15) is 5.26 Å². The van der Waals surface area contributed by atoms with Gasteiger partial charge in [-0.05, 0) is 30.3 Å². The van der Waals surface area contributed by atoms with E-state index in [2.05, 4.69) is 26.7 Å². The van der Waals surface area contributed by atoms with E-state index in [1.54, 1.807) is 26.5 Å². The number of nitrogens with one attached hydrogen (secondary N) is 2. The van der Waals surface area contributed by atoms with Crippen molar-refractivity contribution in [2.45, 2.75) is 25.5 Å². The van der Waals surface area contributed by atoms with Gasteiger partial charge in [-0.2, -0.15) is 5.26 Å². The van der Waals surface area contributed by atoms with Gasteiger partial charge >= 0.3 is 0 Å². The maximum Gasteiger partial charge on any atom is 0.227 e. The van der Waals surface area contributed by atoms with Gasteiger partial charge in [0.1, 0.15) is 23.7 Å². The molecule has 2 N–H and O–H groups in total. The smallest absolute Gasteiger partial charge is 0.227 e. The van der Waals surface area contributed by atoms with Crippen LogP contribution in [0, 0.1) is 11.3 Å². The molecule has 188 valence electrons. The second-order valence-electron chi connectivity index (χ2n) is 8.34. The molecule has 9 nitrogen and oxygen atoms in total. The number of nitrogens with zero attached hydrogens (tertiary/aromatic N) is 3. The van der Waals surface area contributed by atoms with Crippen LogP contribution in [0.25, 0.3) is 11.3 Å². The fourth-order valence-electron chi connectivity index (χ4n) is 3.93. The molecule has 0 radical (unpaired) electrons. The minimum atomic E-state index is 0.0658. The summed E-state index contributed by atoms with van der Waals surface area (Å²) in [5, 5.41) is 16.3. The van der Waals surface area contributed by atoms with Crippen LogP contribution in [0.15, 0.2) is 48.7 Å². The summed E-state index contributed by atoms with van der Waals surface area (Å²) < 4.78 is 22.1. The SMILES string of the molecule is COCCNCc1ccc(Nc2nccc(-c3ccc(OC4CCOCC4)c(C#N)c3)n2)cc1OC. The van der Waals surface area contributed by atoms with Crippen LogP contribution < -0.4 is 20.1 Å². The van der Waals surface area contributed by atoms with Crippen molar-refractivity contribution in [2.24, 2.45) is 0 Å². The molecule has 1 aliphatic heterocycles. The van der Waals surface area contributed by atoms with Crippen LogP contribution in [0.3, 0.4) is 0 Å². The molecule has 0 bridgehead atoms. The molecule has 3 aromatic rings. The summed E-state index contributed by atoms with van der Waals surface area (Å²) in [4.78, 5) is 9.01. The number of hydrogen-bond acceptors (Lipinski definition) is 9. The Morgan fingerprint density at radius 1 is 1.08 bits per heavy atom. The van der Waals surface area contributed by atoms with Crippen LogP contribution in [0.2, 0.25) is 0 Å². The van der Waals surface area contributed by atoms with Gasteiger partial charge in [0.15, 0.2) is 0 Å². The third-order valence-electron chi connectivity index (χ3n) is 5.85. The number of ether oxygens (including phenoxy) is 4. The summed E-state index contributed by atoms with van der Waals surface area (Å²) >= 11 is 0. The number of anilines is 2. The zero-order chi connectivity index (χ0) is 25.2. The second-order valence-corrected chi connectivity index (χ2v) is 8.34. The maximum absolute atomic E-state index is 9.70. The predicted molar refractivity (Wildman–Crippen MR) is 137 cm³/mol. The van der Waals surface area contributed by atoms with Crippen LogP contribution >= 0.6 is 0 Å². The van der Waals surface area contributed by atoms with Gasteiger partial charge in [-0.3, -0.25) is 0 Å². The second kappa shape index (κ2) is 12.8. The third kappa shape index (κ3) is 6.70. The van der Waals surface area contributed by atoms with E-state index in [4.69, 9.17) is 18.9 Å². The van der Waals surface area contributed by atoms with E-state index in [1.807, 2.05) is 36.4 Å². The molecule has 0 spiro atoms. The van der Waals surface area contributed by atoms with Gasteiger partial charge in [0.2, 0.25) is 5.95 Å². The molecule has 0 atom stereocenters. The van der Waals surface area contributed by atoms with Crippen molar-refractivity contribution in [2.75, 3.05) is 45.9 Å². The van der Waals surface area contributed by atoms with Crippen molar-refractivity contribution in [3.63, 3.8) is 0 Å². The fourth-order valence-corrected chi connectivity index (χ4v) is 3.93. The summed E-state index contributed by atoms with van der Waals surface area (Å²) in [5.74, 6) is 1.80. The van der Waals surface area contributed by atoms with E-state index in [0.29, 0.717) is 49.3 Å². The molecule has 1 saturated heterocycles. The van der Waals surface area contributed by atoms with Crippen LogP contribution in [0.1, 0.15) is 24.0 Å². The number of nitriles is 1. The average Bonchev–Trinajstić information content (AvgIpc) is 2.92. The average molecular weight is 490 g/mol. The summed E-state index contributed by atoms with van der Waals surface area (Å²) in [6.07, 6.45) is 3.40. The van der Waals surface area contributed by atoms with Crippen molar-refractivity contribution in [1.82, 2.24) is 15.3 Å². The Hall–Kier alpha value is -3.71. The zero-order valence-electron chi connectivity index (χ0n) is 20.6. The third-order valence-corrected chi connectivity index (χ3v) is 5.85. The molecule has 0 saturated carbocycles. The number of aromatic nitrogens is 2. The molecule has 0 unspecified atom stereocenters. The molecule has 0 amide bonds. The lowest BCUT2D eigenvalue weighted by Crippen LogP contribution is -2.26. The van der Waals surface area contributed by atoms with Crippen LogP contribution in [0.4, 0.5) is 11.6 Å². The van der Waals surface area contributed by atoms with Crippen molar-refractivity contribution in [1.29, 1.82) is 5.26 Å². The molecular formula is C27H31N5O4. The molecule has 4 rings (SSSR count). The Balaban J connectivity index is 1.47. The van der Waals surface area contributed by atoms with Crippen molar-refractivity contribution >= 4 is 11.6 Å². The molecule has 1 aromatic heterocycles. The minimum Gasteiger partial charge on any atom is -0.496 e. The maximum atomic E-state index is 9.70. The fraction of sp³-hybridized carbons (Fsp3) is 0.370. The van der Waals surface area contributed by atoms with Gasteiger partial charge < -0.3 is 29.6 Å². The molecule has 2 heterocycles. The first-order chi connectivity index (χ1) is 17.7. The highest BCUT2D eigenvalue weighted by atomic mass is 16.5. The quantitative estimate of drug-likeness (QED) is 0.385. The lowest BCUT2D eigenvalue weighted by molar-refractivity contribution is 0.0254. The van der Waals surface area contributed by atoms with Gasteiger partial charge in [-0.15, -0.1) is 0 Å². The van der Waals surface area contributed by atoms with Gasteiger partial charge in [-0.25, -0.2) is 9.97 Å². The number of hydrogen-bond donors (Lipinski definition) is 2. The zero-order valence-corrected chi connectivity index (χ0v) is 20.6. The summed E-state index contributed by atoms with van der Waals surface area (Å²) in [5.41, 5.74) is 3.84.